The Hall–Kier alpha value is -1.04. The van der Waals surface area contributed by atoms with Crippen LogP contribution in [0.2, 0.25) is 10.0 Å². The van der Waals surface area contributed by atoms with Crippen molar-refractivity contribution < 1.29 is 4.74 Å². The minimum absolute atomic E-state index is 0.234. The lowest BCUT2D eigenvalue weighted by atomic mass is 10.3. The monoisotopic (exact) mass is 289 g/mol. The van der Waals surface area contributed by atoms with E-state index in [1.54, 1.807) is 18.2 Å². The Morgan fingerprint density at radius 3 is 2.65 bits per heavy atom. The van der Waals surface area contributed by atoms with Crippen LogP contribution in [0.1, 0.15) is 18.0 Å². The standard InChI is InChI=1S/C10H9Cl2N3OS/c1-5(9-14-15-10(13)17-9)16-6-2-3-7(11)8(12)4-6/h2-5H,1H3,(H2,13,15). The maximum absolute atomic E-state index is 5.89. The molecule has 2 aromatic rings. The summed E-state index contributed by atoms with van der Waals surface area (Å²) < 4.78 is 5.66. The molecule has 90 valence electrons. The third kappa shape index (κ3) is 3.00. The van der Waals surface area contributed by atoms with Crippen molar-refractivity contribution in [1.82, 2.24) is 10.2 Å². The zero-order valence-corrected chi connectivity index (χ0v) is 11.2. The van der Waals surface area contributed by atoms with E-state index in [2.05, 4.69) is 10.2 Å². The van der Waals surface area contributed by atoms with Crippen LogP contribution in [0, 0.1) is 0 Å². The largest absolute Gasteiger partial charge is 0.483 e. The molecule has 0 aliphatic carbocycles. The second-order valence-corrected chi connectivity index (χ2v) is 5.17. The number of nitrogens with zero attached hydrogens (tertiary/aromatic N) is 2. The SMILES string of the molecule is CC(Oc1ccc(Cl)c(Cl)c1)c1nnc(N)s1. The van der Waals surface area contributed by atoms with Gasteiger partial charge >= 0.3 is 0 Å². The van der Waals surface area contributed by atoms with Gasteiger partial charge in [-0.1, -0.05) is 34.5 Å². The molecule has 1 atom stereocenters. The van der Waals surface area contributed by atoms with Crippen LogP contribution in [0.15, 0.2) is 18.2 Å². The van der Waals surface area contributed by atoms with Gasteiger partial charge in [-0.2, -0.15) is 0 Å². The Balaban J connectivity index is 2.12. The molecule has 2 N–H and O–H groups in total. The molecule has 1 aromatic heterocycles. The highest BCUT2D eigenvalue weighted by Crippen LogP contribution is 2.30. The van der Waals surface area contributed by atoms with Crippen molar-refractivity contribution in [1.29, 1.82) is 0 Å². The first kappa shape index (κ1) is 12.4. The molecule has 0 saturated heterocycles. The molecule has 7 heteroatoms. The summed E-state index contributed by atoms with van der Waals surface area (Å²) in [5, 5.41) is 9.72. The molecule has 0 spiro atoms. The molecule has 1 aromatic carbocycles. The summed E-state index contributed by atoms with van der Waals surface area (Å²) in [6.07, 6.45) is -0.234. The lowest BCUT2D eigenvalue weighted by molar-refractivity contribution is 0.225. The fourth-order valence-corrected chi connectivity index (χ4v) is 2.10. The van der Waals surface area contributed by atoms with E-state index in [9.17, 15) is 0 Å². The molecule has 1 heterocycles. The van der Waals surface area contributed by atoms with Crippen molar-refractivity contribution in [2.24, 2.45) is 0 Å². The van der Waals surface area contributed by atoms with Gasteiger partial charge in [0.25, 0.3) is 0 Å². The van der Waals surface area contributed by atoms with Crippen LogP contribution in [0.4, 0.5) is 5.13 Å². The number of anilines is 1. The predicted octanol–water partition coefficient (Wildman–Crippen LogP) is 3.57. The Labute approximate surface area is 112 Å². The van der Waals surface area contributed by atoms with E-state index in [-0.39, 0.29) is 6.10 Å². The van der Waals surface area contributed by atoms with Gasteiger partial charge in [-0.15, -0.1) is 10.2 Å². The van der Waals surface area contributed by atoms with Gasteiger partial charge in [-0.05, 0) is 19.1 Å². The number of hydrogen-bond acceptors (Lipinski definition) is 5. The highest BCUT2D eigenvalue weighted by atomic mass is 35.5. The molecule has 0 bridgehead atoms. The van der Waals surface area contributed by atoms with E-state index in [0.29, 0.717) is 25.9 Å². The zero-order chi connectivity index (χ0) is 12.4. The molecule has 1 unspecified atom stereocenters. The van der Waals surface area contributed by atoms with Gasteiger partial charge in [-0.25, -0.2) is 0 Å². The first-order chi connectivity index (χ1) is 8.06. The van der Waals surface area contributed by atoms with Gasteiger partial charge in [0.05, 0.1) is 10.0 Å². The van der Waals surface area contributed by atoms with Crippen molar-refractivity contribution >= 4 is 39.7 Å². The van der Waals surface area contributed by atoms with Crippen molar-refractivity contribution in [3.8, 4) is 5.75 Å². The van der Waals surface area contributed by atoms with Crippen LogP contribution in [0.25, 0.3) is 0 Å². The third-order valence-corrected chi connectivity index (χ3v) is 3.66. The summed E-state index contributed by atoms with van der Waals surface area (Å²) in [5.74, 6) is 0.626. The summed E-state index contributed by atoms with van der Waals surface area (Å²) in [5.41, 5.74) is 5.50. The number of ether oxygens (including phenoxy) is 1. The Bertz CT molecular complexity index is 532. The molecule has 0 aliphatic rings. The van der Waals surface area contributed by atoms with Gasteiger partial charge in [0, 0.05) is 6.07 Å². The molecule has 4 nitrogen and oxygen atoms in total. The van der Waals surface area contributed by atoms with Crippen LogP contribution < -0.4 is 10.5 Å². The topological polar surface area (TPSA) is 61.0 Å². The van der Waals surface area contributed by atoms with E-state index in [1.807, 2.05) is 6.92 Å². The van der Waals surface area contributed by atoms with Crippen LogP contribution >= 0.6 is 34.5 Å². The molecule has 0 fully saturated rings. The lowest BCUT2D eigenvalue weighted by Crippen LogP contribution is -2.02. The smallest absolute Gasteiger partial charge is 0.203 e. The number of rotatable bonds is 3. The zero-order valence-electron chi connectivity index (χ0n) is 8.85. The maximum Gasteiger partial charge on any atom is 0.203 e. The van der Waals surface area contributed by atoms with Gasteiger partial charge in [0.2, 0.25) is 5.13 Å². The van der Waals surface area contributed by atoms with Crippen LogP contribution in [-0.4, -0.2) is 10.2 Å². The van der Waals surface area contributed by atoms with Crippen LogP contribution in [-0.2, 0) is 0 Å². The molecule has 2 rings (SSSR count). The molecular weight excluding hydrogens is 281 g/mol. The molecule has 17 heavy (non-hydrogen) atoms. The molecule has 0 aliphatic heterocycles. The minimum atomic E-state index is -0.234. The van der Waals surface area contributed by atoms with Gasteiger partial charge < -0.3 is 10.5 Å². The van der Waals surface area contributed by atoms with Crippen molar-refractivity contribution in [3.63, 3.8) is 0 Å². The van der Waals surface area contributed by atoms with E-state index in [1.165, 1.54) is 11.3 Å². The van der Waals surface area contributed by atoms with E-state index in [4.69, 9.17) is 33.7 Å². The highest BCUT2D eigenvalue weighted by molar-refractivity contribution is 7.15. The average Bonchev–Trinajstić information content (AvgIpc) is 2.70. The second-order valence-electron chi connectivity index (χ2n) is 3.31. The van der Waals surface area contributed by atoms with Crippen LogP contribution in [0.5, 0.6) is 5.75 Å². The average molecular weight is 290 g/mol. The van der Waals surface area contributed by atoms with E-state index in [0.717, 1.165) is 0 Å². The quantitative estimate of drug-likeness (QED) is 0.938. The minimum Gasteiger partial charge on any atom is -0.483 e. The lowest BCUT2D eigenvalue weighted by Gasteiger charge is -2.11. The highest BCUT2D eigenvalue weighted by Gasteiger charge is 2.13. The number of hydrogen-bond donors (Lipinski definition) is 1. The molecule has 0 radical (unpaired) electrons. The number of benzene rings is 1. The number of aromatic nitrogens is 2. The number of nitrogens with two attached hydrogens (primary N) is 1. The predicted molar refractivity (Wildman–Crippen MR) is 69.8 cm³/mol. The Kier molecular flexibility index (Phi) is 3.71. The first-order valence-electron chi connectivity index (χ1n) is 4.77. The van der Waals surface area contributed by atoms with Gasteiger partial charge in [0.15, 0.2) is 5.01 Å². The van der Waals surface area contributed by atoms with E-state index < -0.39 is 0 Å². The van der Waals surface area contributed by atoms with E-state index >= 15 is 0 Å². The van der Waals surface area contributed by atoms with Crippen molar-refractivity contribution in [2.45, 2.75) is 13.0 Å². The maximum atomic E-state index is 5.89. The van der Waals surface area contributed by atoms with Crippen molar-refractivity contribution in [2.75, 3.05) is 5.73 Å². The molecule has 0 saturated carbocycles. The number of halogens is 2. The van der Waals surface area contributed by atoms with Crippen molar-refractivity contribution in [3.05, 3.63) is 33.3 Å². The molecule has 0 amide bonds. The number of nitrogen functional groups attached to an aromatic ring is 1. The summed E-state index contributed by atoms with van der Waals surface area (Å²) in [7, 11) is 0. The summed E-state index contributed by atoms with van der Waals surface area (Å²) in [6, 6.07) is 5.08. The third-order valence-electron chi connectivity index (χ3n) is 2.01. The van der Waals surface area contributed by atoms with Gasteiger partial charge in [0.1, 0.15) is 11.9 Å². The summed E-state index contributed by atoms with van der Waals surface area (Å²) in [4.78, 5) is 0. The molecular formula is C10H9Cl2N3OS. The summed E-state index contributed by atoms with van der Waals surface area (Å²) in [6.45, 7) is 1.86. The Morgan fingerprint density at radius 2 is 2.06 bits per heavy atom. The van der Waals surface area contributed by atoms with Gasteiger partial charge in [-0.3, -0.25) is 0 Å². The summed E-state index contributed by atoms with van der Waals surface area (Å²) >= 11 is 13.0. The fourth-order valence-electron chi connectivity index (χ4n) is 1.22. The normalized spacial score (nSPS) is 12.4. The fraction of sp³-hybridized carbons (Fsp3) is 0.200. The second kappa shape index (κ2) is 5.08. The Morgan fingerprint density at radius 1 is 1.29 bits per heavy atom. The first-order valence-corrected chi connectivity index (χ1v) is 6.34. The van der Waals surface area contributed by atoms with Crippen LogP contribution in [0.3, 0.4) is 0 Å².